The van der Waals surface area contributed by atoms with Crippen molar-refractivity contribution >= 4 is 22.3 Å². The molecule has 0 radical (unpaired) electrons. The molecule has 19 heavy (non-hydrogen) atoms. The van der Waals surface area contributed by atoms with Gasteiger partial charge in [-0.15, -0.1) is 0 Å². The fourth-order valence-corrected chi connectivity index (χ4v) is 2.63. The van der Waals surface area contributed by atoms with Gasteiger partial charge in [0.25, 0.3) is 0 Å². The van der Waals surface area contributed by atoms with Gasteiger partial charge in [-0.25, -0.2) is 0 Å². The van der Waals surface area contributed by atoms with Crippen LogP contribution in [0.5, 0.6) is 0 Å². The van der Waals surface area contributed by atoms with Gasteiger partial charge in [0, 0.05) is 24.7 Å². The second-order valence-corrected chi connectivity index (χ2v) is 5.46. The van der Waals surface area contributed by atoms with E-state index in [1.807, 2.05) is 12.3 Å². The van der Waals surface area contributed by atoms with Gasteiger partial charge < -0.3 is 10.6 Å². The highest BCUT2D eigenvalue weighted by molar-refractivity contribution is 5.97. The van der Waals surface area contributed by atoms with Gasteiger partial charge >= 0.3 is 0 Å². The molecule has 100 valence electrons. The van der Waals surface area contributed by atoms with Gasteiger partial charge in [-0.1, -0.05) is 6.92 Å². The average Bonchev–Trinajstić information content (AvgIpc) is 3.23. The lowest BCUT2D eigenvalue weighted by atomic mass is 10.1. The maximum absolute atomic E-state index is 6.36. The molecular weight excluding hydrogens is 234 g/mol. The monoisotopic (exact) mass is 255 g/mol. The number of aromatic nitrogens is 1. The van der Waals surface area contributed by atoms with E-state index in [0.29, 0.717) is 0 Å². The average molecular weight is 255 g/mol. The molecule has 2 N–H and O–H groups in total. The van der Waals surface area contributed by atoms with Crippen molar-refractivity contribution in [3.8, 4) is 0 Å². The Balaban J connectivity index is 1.98. The number of pyridine rings is 1. The molecule has 1 saturated carbocycles. The highest BCUT2D eigenvalue weighted by atomic mass is 15.1. The molecule has 1 heterocycles. The van der Waals surface area contributed by atoms with Crippen molar-refractivity contribution < 1.29 is 0 Å². The molecule has 1 aliphatic carbocycles. The van der Waals surface area contributed by atoms with Gasteiger partial charge in [0.05, 0.1) is 16.9 Å². The predicted octanol–water partition coefficient (Wildman–Crippen LogP) is 3.44. The lowest BCUT2D eigenvalue weighted by molar-refractivity contribution is 0.709. The smallest absolute Gasteiger partial charge is 0.0724 e. The number of hydrogen-bond donors (Lipinski definition) is 1. The highest BCUT2D eigenvalue weighted by Gasteiger charge is 2.25. The Hall–Kier alpha value is -1.77. The van der Waals surface area contributed by atoms with E-state index < -0.39 is 0 Å². The van der Waals surface area contributed by atoms with Crippen LogP contribution < -0.4 is 10.6 Å². The summed E-state index contributed by atoms with van der Waals surface area (Å²) in [6.45, 7) is 4.44. The van der Waals surface area contributed by atoms with Crippen molar-refractivity contribution in [3.63, 3.8) is 0 Å². The molecular formula is C16H21N3. The first-order valence-electron chi connectivity index (χ1n) is 7.17. The molecule has 3 nitrogen and oxygen atoms in total. The van der Waals surface area contributed by atoms with Crippen LogP contribution in [0.4, 0.5) is 11.4 Å². The quantitative estimate of drug-likeness (QED) is 0.832. The zero-order valence-electron chi connectivity index (χ0n) is 11.5. The van der Waals surface area contributed by atoms with Crippen LogP contribution in [0.15, 0.2) is 30.5 Å². The van der Waals surface area contributed by atoms with Gasteiger partial charge in [0.2, 0.25) is 0 Å². The molecule has 1 fully saturated rings. The maximum atomic E-state index is 6.36. The molecule has 0 unspecified atom stereocenters. The summed E-state index contributed by atoms with van der Waals surface area (Å²) < 4.78 is 0. The molecule has 1 aromatic heterocycles. The number of nitrogens with zero attached hydrogens (tertiary/aromatic N) is 2. The van der Waals surface area contributed by atoms with Gasteiger partial charge in [-0.3, -0.25) is 4.98 Å². The molecule has 0 atom stereocenters. The third-order valence-corrected chi connectivity index (χ3v) is 3.81. The molecule has 1 aromatic carbocycles. The Morgan fingerprint density at radius 3 is 2.89 bits per heavy atom. The Bertz CT molecular complexity index is 575. The van der Waals surface area contributed by atoms with Crippen LogP contribution in [0.25, 0.3) is 10.9 Å². The number of hydrogen-bond acceptors (Lipinski definition) is 3. The number of fused-ring (bicyclic) bond motifs is 1. The Kier molecular flexibility index (Phi) is 3.28. The minimum absolute atomic E-state index is 0.871. The SMILES string of the molecule is CCCN(CC1CC1)c1ccc2ncccc2c1N. The Labute approximate surface area is 114 Å². The van der Waals surface area contributed by atoms with E-state index in [4.69, 9.17) is 5.73 Å². The molecule has 0 amide bonds. The van der Waals surface area contributed by atoms with Crippen molar-refractivity contribution in [2.75, 3.05) is 23.7 Å². The van der Waals surface area contributed by atoms with Crippen LogP contribution in [-0.2, 0) is 0 Å². The largest absolute Gasteiger partial charge is 0.396 e. The first-order valence-corrected chi connectivity index (χ1v) is 7.17. The van der Waals surface area contributed by atoms with Gasteiger partial charge in [-0.2, -0.15) is 0 Å². The van der Waals surface area contributed by atoms with E-state index in [-0.39, 0.29) is 0 Å². The molecule has 2 aromatic rings. The topological polar surface area (TPSA) is 42.2 Å². The first-order chi connectivity index (χ1) is 9.29. The molecule has 0 bridgehead atoms. The Morgan fingerprint density at radius 2 is 2.16 bits per heavy atom. The fraction of sp³-hybridized carbons (Fsp3) is 0.438. The molecule has 0 spiro atoms. The lowest BCUT2D eigenvalue weighted by Crippen LogP contribution is -2.27. The third-order valence-electron chi connectivity index (χ3n) is 3.81. The molecule has 0 saturated heterocycles. The number of anilines is 2. The van der Waals surface area contributed by atoms with Crippen LogP contribution in [0.1, 0.15) is 26.2 Å². The number of nitrogens with two attached hydrogens (primary N) is 1. The number of nitrogen functional groups attached to an aromatic ring is 1. The van der Waals surface area contributed by atoms with Crippen molar-refractivity contribution in [2.24, 2.45) is 5.92 Å². The van der Waals surface area contributed by atoms with Crippen LogP contribution >= 0.6 is 0 Å². The minimum atomic E-state index is 0.871. The molecule has 0 aliphatic heterocycles. The number of benzene rings is 1. The summed E-state index contributed by atoms with van der Waals surface area (Å²) in [7, 11) is 0. The first kappa shape index (κ1) is 12.3. The van der Waals surface area contributed by atoms with Crippen LogP contribution in [-0.4, -0.2) is 18.1 Å². The lowest BCUT2D eigenvalue weighted by Gasteiger charge is -2.26. The summed E-state index contributed by atoms with van der Waals surface area (Å²) in [5.74, 6) is 0.871. The van der Waals surface area contributed by atoms with E-state index in [1.54, 1.807) is 0 Å². The molecule has 3 heteroatoms. The van der Waals surface area contributed by atoms with Crippen molar-refractivity contribution in [2.45, 2.75) is 26.2 Å². The third kappa shape index (κ3) is 2.50. The van der Waals surface area contributed by atoms with E-state index in [0.717, 1.165) is 42.0 Å². The highest BCUT2D eigenvalue weighted by Crippen LogP contribution is 2.35. The number of rotatable bonds is 5. The summed E-state index contributed by atoms with van der Waals surface area (Å²) in [6, 6.07) is 8.22. The summed E-state index contributed by atoms with van der Waals surface area (Å²) in [5, 5.41) is 1.07. The molecule has 1 aliphatic rings. The normalized spacial score (nSPS) is 14.8. The summed E-state index contributed by atoms with van der Waals surface area (Å²) in [6.07, 6.45) is 5.71. The zero-order chi connectivity index (χ0) is 13.2. The Morgan fingerprint density at radius 1 is 1.32 bits per heavy atom. The van der Waals surface area contributed by atoms with Gasteiger partial charge in [0.1, 0.15) is 0 Å². The van der Waals surface area contributed by atoms with Crippen molar-refractivity contribution in [3.05, 3.63) is 30.5 Å². The molecule has 3 rings (SSSR count). The minimum Gasteiger partial charge on any atom is -0.396 e. The second-order valence-electron chi connectivity index (χ2n) is 5.46. The fourth-order valence-electron chi connectivity index (χ4n) is 2.63. The maximum Gasteiger partial charge on any atom is 0.0724 e. The van der Waals surface area contributed by atoms with E-state index in [9.17, 15) is 0 Å². The predicted molar refractivity (Wildman–Crippen MR) is 81.4 cm³/mol. The van der Waals surface area contributed by atoms with Gasteiger partial charge in [-0.05, 0) is 49.4 Å². The second kappa shape index (κ2) is 5.08. The summed E-state index contributed by atoms with van der Waals surface area (Å²) >= 11 is 0. The van der Waals surface area contributed by atoms with Crippen molar-refractivity contribution in [1.29, 1.82) is 0 Å². The van der Waals surface area contributed by atoms with Crippen LogP contribution in [0.2, 0.25) is 0 Å². The summed E-state index contributed by atoms with van der Waals surface area (Å²) in [4.78, 5) is 6.81. The standard InChI is InChI=1S/C16H21N3/c1-2-10-19(11-12-5-6-12)15-8-7-14-13(16(15)17)4-3-9-18-14/h3-4,7-9,12H,2,5-6,10-11,17H2,1H3. The van der Waals surface area contributed by atoms with Crippen molar-refractivity contribution in [1.82, 2.24) is 4.98 Å². The van der Waals surface area contributed by atoms with Gasteiger partial charge in [0.15, 0.2) is 0 Å². The summed E-state index contributed by atoms with van der Waals surface area (Å²) in [5.41, 5.74) is 9.39. The van der Waals surface area contributed by atoms with E-state index >= 15 is 0 Å². The van der Waals surface area contributed by atoms with E-state index in [1.165, 1.54) is 18.5 Å². The van der Waals surface area contributed by atoms with Crippen LogP contribution in [0, 0.1) is 5.92 Å². The van der Waals surface area contributed by atoms with E-state index in [2.05, 4.69) is 35.0 Å². The zero-order valence-corrected chi connectivity index (χ0v) is 11.5. The van der Waals surface area contributed by atoms with Crippen LogP contribution in [0.3, 0.4) is 0 Å².